The summed E-state index contributed by atoms with van der Waals surface area (Å²) in [6, 6.07) is 8.71. The highest BCUT2D eigenvalue weighted by atomic mass is 79.9. The van der Waals surface area contributed by atoms with E-state index in [1.807, 2.05) is 0 Å². The van der Waals surface area contributed by atoms with Crippen LogP contribution in [0.2, 0.25) is 0 Å². The molecule has 0 unspecified atom stereocenters. The molecule has 0 amide bonds. The highest BCUT2D eigenvalue weighted by Gasteiger charge is 2.34. The van der Waals surface area contributed by atoms with E-state index in [1.54, 1.807) is 0 Å². The van der Waals surface area contributed by atoms with Crippen molar-refractivity contribution in [2.75, 3.05) is 26.7 Å². The lowest BCUT2D eigenvalue weighted by Crippen LogP contribution is -2.41. The van der Waals surface area contributed by atoms with Gasteiger partial charge in [-0.1, -0.05) is 47.8 Å². The third-order valence-corrected chi connectivity index (χ3v) is 5.09. The molecule has 3 heteroatoms. The number of benzene rings is 1. The van der Waals surface area contributed by atoms with Crippen molar-refractivity contribution in [3.8, 4) is 0 Å². The maximum absolute atomic E-state index is 3.66. The van der Waals surface area contributed by atoms with Gasteiger partial charge in [0, 0.05) is 24.1 Å². The topological polar surface area (TPSA) is 15.3 Å². The monoisotopic (exact) mass is 352 g/mol. The van der Waals surface area contributed by atoms with Crippen molar-refractivity contribution in [2.24, 2.45) is 5.41 Å². The Morgan fingerprint density at radius 1 is 1.19 bits per heavy atom. The van der Waals surface area contributed by atoms with Crippen LogP contribution in [0.15, 0.2) is 28.7 Å². The first kappa shape index (κ1) is 17.0. The lowest BCUT2D eigenvalue weighted by atomic mass is 9.85. The summed E-state index contributed by atoms with van der Waals surface area (Å²) in [6.07, 6.45) is 6.80. The van der Waals surface area contributed by atoms with Crippen molar-refractivity contribution in [2.45, 2.75) is 45.6 Å². The van der Waals surface area contributed by atoms with E-state index in [0.29, 0.717) is 5.41 Å². The molecule has 1 aromatic rings. The van der Waals surface area contributed by atoms with Crippen LogP contribution in [0.5, 0.6) is 0 Å². The van der Waals surface area contributed by atoms with Gasteiger partial charge in [-0.2, -0.15) is 0 Å². The predicted octanol–water partition coefficient (Wildman–Crippen LogP) is 4.44. The van der Waals surface area contributed by atoms with Gasteiger partial charge in [0.1, 0.15) is 0 Å². The first-order valence-corrected chi connectivity index (χ1v) is 9.06. The Labute approximate surface area is 138 Å². The molecule has 0 radical (unpaired) electrons. The Morgan fingerprint density at radius 2 is 1.86 bits per heavy atom. The van der Waals surface area contributed by atoms with Crippen LogP contribution in [0.1, 0.15) is 44.6 Å². The minimum absolute atomic E-state index is 0.499. The number of hydrogen-bond donors (Lipinski definition) is 1. The molecule has 1 saturated carbocycles. The van der Waals surface area contributed by atoms with E-state index in [9.17, 15) is 0 Å². The van der Waals surface area contributed by atoms with Crippen molar-refractivity contribution in [3.05, 3.63) is 34.3 Å². The third kappa shape index (κ3) is 5.39. The van der Waals surface area contributed by atoms with Crippen molar-refractivity contribution in [1.82, 2.24) is 10.2 Å². The Hall–Kier alpha value is -0.380. The Balaban J connectivity index is 1.88. The molecule has 1 aliphatic rings. The third-order valence-electron chi connectivity index (χ3n) is 4.56. The molecule has 21 heavy (non-hydrogen) atoms. The quantitative estimate of drug-likeness (QED) is 0.695. The number of nitrogens with one attached hydrogen (secondary N) is 1. The molecule has 0 heterocycles. The van der Waals surface area contributed by atoms with Gasteiger partial charge in [0.25, 0.3) is 0 Å². The van der Waals surface area contributed by atoms with Crippen LogP contribution in [0.3, 0.4) is 0 Å². The molecule has 0 saturated heterocycles. The smallest absolute Gasteiger partial charge is 0.0230 e. The lowest BCUT2D eigenvalue weighted by Gasteiger charge is -2.34. The summed E-state index contributed by atoms with van der Waals surface area (Å²) < 4.78 is 1.16. The number of rotatable bonds is 8. The maximum atomic E-state index is 3.66. The summed E-state index contributed by atoms with van der Waals surface area (Å²) >= 11 is 3.50. The highest BCUT2D eigenvalue weighted by Crippen LogP contribution is 2.38. The molecule has 1 aromatic carbocycles. The fourth-order valence-corrected chi connectivity index (χ4v) is 3.84. The summed E-state index contributed by atoms with van der Waals surface area (Å²) in [5.74, 6) is 0. The number of hydrogen-bond acceptors (Lipinski definition) is 2. The molecular formula is C18H29BrN2. The van der Waals surface area contributed by atoms with Gasteiger partial charge < -0.3 is 10.2 Å². The molecule has 1 aliphatic carbocycles. The Morgan fingerprint density at radius 3 is 2.48 bits per heavy atom. The van der Waals surface area contributed by atoms with Gasteiger partial charge in [-0.25, -0.2) is 0 Å². The van der Waals surface area contributed by atoms with Crippen molar-refractivity contribution in [1.29, 1.82) is 0 Å². The fourth-order valence-electron chi connectivity index (χ4n) is 3.58. The largest absolute Gasteiger partial charge is 0.316 e. The van der Waals surface area contributed by atoms with Crippen LogP contribution >= 0.6 is 15.9 Å². The minimum atomic E-state index is 0.499. The fraction of sp³-hybridized carbons (Fsp3) is 0.667. The van der Waals surface area contributed by atoms with Gasteiger partial charge in [0.05, 0.1) is 0 Å². The van der Waals surface area contributed by atoms with E-state index >= 15 is 0 Å². The van der Waals surface area contributed by atoms with Gasteiger partial charge in [-0.05, 0) is 56.0 Å². The average Bonchev–Trinajstić information content (AvgIpc) is 2.90. The normalized spacial score (nSPS) is 17.5. The lowest BCUT2D eigenvalue weighted by molar-refractivity contribution is 0.168. The maximum Gasteiger partial charge on any atom is 0.0230 e. The SMILES string of the molecule is CCCNCC1(CN(C)Cc2ccc(Br)cc2)CCCC1. The van der Waals surface area contributed by atoms with E-state index in [0.717, 1.165) is 17.6 Å². The first-order valence-electron chi connectivity index (χ1n) is 8.27. The summed E-state index contributed by atoms with van der Waals surface area (Å²) in [4.78, 5) is 2.50. The second-order valence-corrected chi connectivity index (χ2v) is 7.60. The van der Waals surface area contributed by atoms with Crippen LogP contribution in [-0.4, -0.2) is 31.6 Å². The standard InChI is InChI=1S/C18H29BrN2/c1-3-12-20-14-18(10-4-5-11-18)15-21(2)13-16-6-8-17(19)9-7-16/h6-9,20H,3-5,10-15H2,1-2H3. The molecule has 1 N–H and O–H groups in total. The molecule has 0 atom stereocenters. The molecule has 0 aromatic heterocycles. The molecule has 1 fully saturated rings. The summed E-state index contributed by atoms with van der Waals surface area (Å²) in [6.45, 7) is 6.83. The number of halogens is 1. The number of nitrogens with zero attached hydrogens (tertiary/aromatic N) is 1. The summed E-state index contributed by atoms with van der Waals surface area (Å²) in [5.41, 5.74) is 1.90. The zero-order valence-corrected chi connectivity index (χ0v) is 15.1. The zero-order valence-electron chi connectivity index (χ0n) is 13.5. The first-order chi connectivity index (χ1) is 10.1. The minimum Gasteiger partial charge on any atom is -0.316 e. The van der Waals surface area contributed by atoms with Gasteiger partial charge >= 0.3 is 0 Å². The zero-order chi connectivity index (χ0) is 15.1. The van der Waals surface area contributed by atoms with E-state index in [4.69, 9.17) is 0 Å². The second-order valence-electron chi connectivity index (χ2n) is 6.68. The van der Waals surface area contributed by atoms with Crippen LogP contribution in [0, 0.1) is 5.41 Å². The van der Waals surface area contributed by atoms with Gasteiger partial charge in [-0.3, -0.25) is 0 Å². The van der Waals surface area contributed by atoms with E-state index < -0.39 is 0 Å². The van der Waals surface area contributed by atoms with Crippen molar-refractivity contribution < 1.29 is 0 Å². The van der Waals surface area contributed by atoms with Crippen LogP contribution in [-0.2, 0) is 6.54 Å². The molecule has 0 bridgehead atoms. The Kier molecular flexibility index (Phi) is 6.72. The molecular weight excluding hydrogens is 324 g/mol. The van der Waals surface area contributed by atoms with Gasteiger partial charge in [0.15, 0.2) is 0 Å². The molecule has 118 valence electrons. The molecule has 2 rings (SSSR count). The van der Waals surface area contributed by atoms with Crippen molar-refractivity contribution >= 4 is 15.9 Å². The highest BCUT2D eigenvalue weighted by molar-refractivity contribution is 9.10. The summed E-state index contributed by atoms with van der Waals surface area (Å²) in [5, 5.41) is 3.66. The van der Waals surface area contributed by atoms with E-state index in [2.05, 4.69) is 64.4 Å². The van der Waals surface area contributed by atoms with Gasteiger partial charge in [-0.15, -0.1) is 0 Å². The molecule has 0 aliphatic heterocycles. The summed E-state index contributed by atoms with van der Waals surface area (Å²) in [7, 11) is 2.27. The van der Waals surface area contributed by atoms with E-state index in [1.165, 1.54) is 50.8 Å². The average molecular weight is 353 g/mol. The van der Waals surface area contributed by atoms with Gasteiger partial charge in [0.2, 0.25) is 0 Å². The van der Waals surface area contributed by atoms with Crippen LogP contribution in [0.25, 0.3) is 0 Å². The van der Waals surface area contributed by atoms with Crippen LogP contribution < -0.4 is 5.32 Å². The van der Waals surface area contributed by atoms with Crippen molar-refractivity contribution in [3.63, 3.8) is 0 Å². The molecule has 0 spiro atoms. The Bertz CT molecular complexity index is 410. The second kappa shape index (κ2) is 8.30. The van der Waals surface area contributed by atoms with Crippen LogP contribution in [0.4, 0.5) is 0 Å². The predicted molar refractivity (Wildman–Crippen MR) is 94.5 cm³/mol. The molecule has 2 nitrogen and oxygen atoms in total. The van der Waals surface area contributed by atoms with E-state index in [-0.39, 0.29) is 0 Å².